The molecule has 12 nitrogen and oxygen atoms in total. The van der Waals surface area contributed by atoms with Gasteiger partial charge in [0, 0.05) is 13.2 Å². The summed E-state index contributed by atoms with van der Waals surface area (Å²) in [6, 6.07) is 3.77. The molecule has 190 valence electrons. The zero-order valence-corrected chi connectivity index (χ0v) is 20.5. The van der Waals surface area contributed by atoms with Crippen LogP contribution in [0.4, 0.5) is 5.82 Å². The highest BCUT2D eigenvalue weighted by Crippen LogP contribution is 2.51. The lowest BCUT2D eigenvalue weighted by Crippen LogP contribution is -2.40. The topological polar surface area (TPSA) is 168 Å². The van der Waals surface area contributed by atoms with Crippen LogP contribution in [0, 0.1) is 0 Å². The van der Waals surface area contributed by atoms with E-state index in [0.29, 0.717) is 23.1 Å². The number of hydrogen-bond donors (Lipinski definition) is 5. The Balaban J connectivity index is 1.55. The summed E-state index contributed by atoms with van der Waals surface area (Å²) in [5.74, 6) is 0.572. The van der Waals surface area contributed by atoms with Crippen LogP contribution in [-0.4, -0.2) is 84.6 Å². The summed E-state index contributed by atoms with van der Waals surface area (Å²) in [6.45, 7) is 0.458. The molecule has 1 saturated heterocycles. The standard InChI is InChI=1S/C20H30ClN4O8P/c1-20(10-31-2,34(28,29)30)32-9-14-15(26)16(27)17(33-14)12-7-8-13-18(22-11-5-3-4-6-11)23-19(21)24-25(12)13/h7-8,11,14-17,26-27H,3-6,9-10H2,1-2H3,(H,22,23,24)(H2,28,29,30)/t14-,15-,16-,17+,20?/m1/s1. The van der Waals surface area contributed by atoms with E-state index in [1.807, 2.05) is 0 Å². The third-order valence-electron chi connectivity index (χ3n) is 6.45. The number of ether oxygens (including phenoxy) is 3. The van der Waals surface area contributed by atoms with E-state index in [4.69, 9.17) is 25.8 Å². The monoisotopic (exact) mass is 520 g/mol. The maximum absolute atomic E-state index is 11.9. The zero-order chi connectivity index (χ0) is 24.7. The second kappa shape index (κ2) is 9.96. The van der Waals surface area contributed by atoms with E-state index in [1.165, 1.54) is 18.5 Å². The Hall–Kier alpha value is -1.34. The molecule has 3 heterocycles. The number of anilines is 1. The smallest absolute Gasteiger partial charge is 0.359 e. The molecular weight excluding hydrogens is 491 g/mol. The minimum atomic E-state index is -4.71. The molecule has 2 fully saturated rings. The van der Waals surface area contributed by atoms with E-state index in [1.54, 1.807) is 12.1 Å². The molecule has 0 amide bonds. The Morgan fingerprint density at radius 1 is 1.29 bits per heavy atom. The second-order valence-corrected chi connectivity index (χ2v) is 11.3. The molecule has 2 aliphatic rings. The van der Waals surface area contributed by atoms with Crippen LogP contribution in [0.1, 0.15) is 44.4 Å². The zero-order valence-electron chi connectivity index (χ0n) is 18.9. The largest absolute Gasteiger partial charge is 0.387 e. The van der Waals surface area contributed by atoms with Crippen LogP contribution in [0.3, 0.4) is 0 Å². The highest BCUT2D eigenvalue weighted by atomic mass is 35.5. The molecule has 0 bridgehead atoms. The summed E-state index contributed by atoms with van der Waals surface area (Å²) in [4.78, 5) is 23.6. The van der Waals surface area contributed by atoms with Gasteiger partial charge >= 0.3 is 7.60 Å². The first-order chi connectivity index (χ1) is 16.0. The third-order valence-corrected chi connectivity index (χ3v) is 8.10. The van der Waals surface area contributed by atoms with Crippen molar-refractivity contribution < 1.29 is 38.8 Å². The van der Waals surface area contributed by atoms with Gasteiger partial charge in [0.1, 0.15) is 29.9 Å². The van der Waals surface area contributed by atoms with E-state index in [0.717, 1.165) is 25.7 Å². The average molecular weight is 521 g/mol. The molecule has 0 radical (unpaired) electrons. The van der Waals surface area contributed by atoms with E-state index < -0.39 is 37.4 Å². The Labute approximate surface area is 201 Å². The highest BCUT2D eigenvalue weighted by molar-refractivity contribution is 7.53. The first-order valence-corrected chi connectivity index (χ1v) is 13.0. The lowest BCUT2D eigenvalue weighted by atomic mass is 10.1. The molecule has 34 heavy (non-hydrogen) atoms. The van der Waals surface area contributed by atoms with E-state index in [2.05, 4.69) is 15.4 Å². The summed E-state index contributed by atoms with van der Waals surface area (Å²) in [5.41, 5.74) is 1.09. The molecule has 1 saturated carbocycles. The van der Waals surface area contributed by atoms with Gasteiger partial charge in [-0.1, -0.05) is 12.8 Å². The summed E-state index contributed by atoms with van der Waals surface area (Å²) in [5, 5.41) is 27.0. The molecule has 1 aliphatic heterocycles. The number of methoxy groups -OCH3 is 1. The van der Waals surface area contributed by atoms with Crippen LogP contribution in [0.15, 0.2) is 12.1 Å². The molecule has 5 N–H and O–H groups in total. The van der Waals surface area contributed by atoms with Gasteiger partial charge in [-0.2, -0.15) is 4.98 Å². The fourth-order valence-electron chi connectivity index (χ4n) is 4.45. The summed E-state index contributed by atoms with van der Waals surface area (Å²) in [7, 11) is -3.42. The fourth-order valence-corrected chi connectivity index (χ4v) is 5.15. The molecule has 0 aromatic carbocycles. The second-order valence-electron chi connectivity index (χ2n) is 8.95. The predicted octanol–water partition coefficient (Wildman–Crippen LogP) is 1.46. The van der Waals surface area contributed by atoms with Gasteiger partial charge < -0.3 is 39.5 Å². The van der Waals surface area contributed by atoms with Crippen molar-refractivity contribution >= 4 is 30.5 Å². The summed E-state index contributed by atoms with van der Waals surface area (Å²) < 4.78 is 29.6. The van der Waals surface area contributed by atoms with Gasteiger partial charge in [0.15, 0.2) is 11.2 Å². The van der Waals surface area contributed by atoms with Gasteiger partial charge in [0.05, 0.1) is 18.9 Å². The molecule has 5 atom stereocenters. The molecule has 14 heteroatoms. The SMILES string of the molecule is COCC(C)(OC[C@H]1O[C@@H](c2ccc3c(NC4CCCC4)nc(Cl)nn23)[C@H](O)[C@@H]1O)P(=O)(O)O. The minimum Gasteiger partial charge on any atom is -0.387 e. The van der Waals surface area contributed by atoms with Gasteiger partial charge in [-0.3, -0.25) is 4.57 Å². The van der Waals surface area contributed by atoms with Crippen molar-refractivity contribution in [3.05, 3.63) is 23.1 Å². The van der Waals surface area contributed by atoms with Gasteiger partial charge in [0.2, 0.25) is 5.28 Å². The van der Waals surface area contributed by atoms with Gasteiger partial charge in [0.25, 0.3) is 0 Å². The van der Waals surface area contributed by atoms with Crippen LogP contribution in [0.25, 0.3) is 5.52 Å². The predicted molar refractivity (Wildman–Crippen MR) is 122 cm³/mol. The number of halogens is 1. The molecule has 1 aliphatic carbocycles. The first kappa shape index (κ1) is 25.7. The number of nitrogens with one attached hydrogen (secondary N) is 1. The molecule has 2 aromatic rings. The van der Waals surface area contributed by atoms with E-state index >= 15 is 0 Å². The van der Waals surface area contributed by atoms with Crippen molar-refractivity contribution in [1.82, 2.24) is 14.6 Å². The normalized spacial score (nSPS) is 28.0. The Morgan fingerprint density at radius 2 is 2.00 bits per heavy atom. The van der Waals surface area contributed by atoms with Gasteiger partial charge in [-0.25, -0.2) is 4.52 Å². The minimum absolute atomic E-state index is 0.00958. The third kappa shape index (κ3) is 4.97. The number of fused-ring (bicyclic) bond motifs is 1. The van der Waals surface area contributed by atoms with Crippen molar-refractivity contribution in [3.8, 4) is 0 Å². The van der Waals surface area contributed by atoms with Crippen LogP contribution in [-0.2, 0) is 18.8 Å². The van der Waals surface area contributed by atoms with Crippen molar-refractivity contribution in [3.63, 3.8) is 0 Å². The van der Waals surface area contributed by atoms with Gasteiger partial charge in [-0.15, -0.1) is 5.10 Å². The fraction of sp³-hybridized carbons (Fsp3) is 0.700. The maximum Gasteiger partial charge on any atom is 0.359 e. The number of hydrogen-bond acceptors (Lipinski definition) is 9. The first-order valence-electron chi connectivity index (χ1n) is 11.1. The summed E-state index contributed by atoms with van der Waals surface area (Å²) in [6.07, 6.45) is -0.376. The number of rotatable bonds is 9. The number of aromatic nitrogens is 3. The molecule has 1 unspecified atom stereocenters. The number of aliphatic hydroxyl groups is 2. The number of aliphatic hydroxyl groups excluding tert-OH is 2. The van der Waals surface area contributed by atoms with Crippen LogP contribution in [0.5, 0.6) is 0 Å². The lowest BCUT2D eigenvalue weighted by Gasteiger charge is -2.31. The Kier molecular flexibility index (Phi) is 7.54. The van der Waals surface area contributed by atoms with E-state index in [9.17, 15) is 24.6 Å². The Bertz CT molecular complexity index is 1060. The quantitative estimate of drug-likeness (QED) is 0.303. The number of nitrogens with zero attached hydrogens (tertiary/aromatic N) is 3. The van der Waals surface area contributed by atoms with E-state index in [-0.39, 0.29) is 18.5 Å². The average Bonchev–Trinajstić information content (AvgIpc) is 3.48. The van der Waals surface area contributed by atoms with Crippen LogP contribution < -0.4 is 5.32 Å². The molecule has 2 aromatic heterocycles. The summed E-state index contributed by atoms with van der Waals surface area (Å²) >= 11 is 6.17. The van der Waals surface area contributed by atoms with Crippen LogP contribution >= 0.6 is 19.2 Å². The maximum atomic E-state index is 11.9. The van der Waals surface area contributed by atoms with Crippen molar-refractivity contribution in [2.75, 3.05) is 25.6 Å². The Morgan fingerprint density at radius 3 is 2.65 bits per heavy atom. The van der Waals surface area contributed by atoms with Crippen molar-refractivity contribution in [2.45, 2.75) is 68.4 Å². The van der Waals surface area contributed by atoms with Crippen LogP contribution in [0.2, 0.25) is 5.28 Å². The van der Waals surface area contributed by atoms with Crippen molar-refractivity contribution in [2.24, 2.45) is 0 Å². The molecular formula is C20H30ClN4O8P. The highest BCUT2D eigenvalue weighted by Gasteiger charge is 2.49. The molecule has 4 rings (SSSR count). The molecule has 0 spiro atoms. The van der Waals surface area contributed by atoms with Gasteiger partial charge in [-0.05, 0) is 43.5 Å². The van der Waals surface area contributed by atoms with Crippen molar-refractivity contribution in [1.29, 1.82) is 0 Å². The lowest BCUT2D eigenvalue weighted by molar-refractivity contribution is -0.0979.